The lowest BCUT2D eigenvalue weighted by atomic mass is 10.4. The molecule has 0 aliphatic carbocycles. The number of hydrogen-bond acceptors (Lipinski definition) is 6. The van der Waals surface area contributed by atoms with Crippen molar-refractivity contribution in [3.8, 4) is 0 Å². The van der Waals surface area contributed by atoms with Gasteiger partial charge in [-0.15, -0.1) is 16.4 Å². The van der Waals surface area contributed by atoms with Gasteiger partial charge in [-0.05, 0) is 7.05 Å². The minimum atomic E-state index is -0.0724. The van der Waals surface area contributed by atoms with Crippen LogP contribution in [0.3, 0.4) is 0 Å². The molecule has 0 amide bonds. The van der Waals surface area contributed by atoms with Gasteiger partial charge in [-0.3, -0.25) is 9.20 Å². The molecule has 0 radical (unpaired) electrons. The third kappa shape index (κ3) is 2.40. The van der Waals surface area contributed by atoms with E-state index in [0.717, 1.165) is 5.69 Å². The van der Waals surface area contributed by atoms with E-state index in [1.807, 2.05) is 18.6 Å². The topological polar surface area (TPSA) is 77.1 Å². The van der Waals surface area contributed by atoms with E-state index in [9.17, 15) is 4.79 Å². The Morgan fingerprint density at radius 3 is 3.16 bits per heavy atom. The first-order valence-corrected chi connectivity index (χ1v) is 6.63. The van der Waals surface area contributed by atoms with Gasteiger partial charge in [0.2, 0.25) is 0 Å². The van der Waals surface area contributed by atoms with Gasteiger partial charge in [0, 0.05) is 24.2 Å². The highest BCUT2D eigenvalue weighted by Crippen LogP contribution is 2.07. The second-order valence-corrected chi connectivity index (χ2v) is 4.95. The molecule has 98 valence electrons. The average molecular weight is 276 g/mol. The number of hydrogen-bond donors (Lipinski definition) is 1. The fourth-order valence-corrected chi connectivity index (χ4v) is 2.55. The number of aromatic nitrogens is 5. The summed E-state index contributed by atoms with van der Waals surface area (Å²) >= 11 is 1.44. The summed E-state index contributed by atoms with van der Waals surface area (Å²) in [5, 5.41) is 12.9. The molecule has 0 fully saturated rings. The van der Waals surface area contributed by atoms with Crippen LogP contribution >= 0.6 is 11.3 Å². The molecule has 8 heteroatoms. The van der Waals surface area contributed by atoms with Crippen molar-refractivity contribution in [1.82, 2.24) is 29.7 Å². The Morgan fingerprint density at radius 2 is 2.32 bits per heavy atom. The van der Waals surface area contributed by atoms with Gasteiger partial charge in [0.05, 0.1) is 24.1 Å². The number of nitrogens with zero attached hydrogens (tertiary/aromatic N) is 5. The number of nitrogens with one attached hydrogen (secondary N) is 1. The molecule has 3 rings (SSSR count). The molecule has 3 aromatic heterocycles. The zero-order valence-corrected chi connectivity index (χ0v) is 11.1. The minimum Gasteiger partial charge on any atom is -0.314 e. The summed E-state index contributed by atoms with van der Waals surface area (Å²) in [7, 11) is 1.85. The number of thiazole rings is 1. The zero-order chi connectivity index (χ0) is 13.2. The van der Waals surface area contributed by atoms with E-state index in [1.54, 1.807) is 10.9 Å². The summed E-state index contributed by atoms with van der Waals surface area (Å²) in [6.45, 7) is 1.11. The summed E-state index contributed by atoms with van der Waals surface area (Å²) in [5.41, 5.74) is 1.47. The van der Waals surface area contributed by atoms with Crippen molar-refractivity contribution < 1.29 is 0 Å². The smallest absolute Gasteiger partial charge is 0.258 e. The van der Waals surface area contributed by atoms with Gasteiger partial charge in [-0.2, -0.15) is 0 Å². The van der Waals surface area contributed by atoms with Crippen LogP contribution < -0.4 is 10.9 Å². The molecule has 1 N–H and O–H groups in total. The first-order chi connectivity index (χ1) is 9.26. The van der Waals surface area contributed by atoms with Crippen LogP contribution in [0.25, 0.3) is 4.96 Å². The highest BCUT2D eigenvalue weighted by atomic mass is 32.1. The van der Waals surface area contributed by atoms with Crippen LogP contribution in [0.2, 0.25) is 0 Å². The molecule has 0 saturated carbocycles. The van der Waals surface area contributed by atoms with Crippen LogP contribution in [0.15, 0.2) is 28.6 Å². The van der Waals surface area contributed by atoms with Crippen molar-refractivity contribution in [2.24, 2.45) is 0 Å². The third-order valence-electron chi connectivity index (χ3n) is 2.62. The number of rotatable bonds is 4. The van der Waals surface area contributed by atoms with Gasteiger partial charge < -0.3 is 5.32 Å². The molecule has 0 aliphatic rings. The molecular weight excluding hydrogens is 264 g/mol. The predicted octanol–water partition coefficient (Wildman–Crippen LogP) is 0.115. The van der Waals surface area contributed by atoms with Gasteiger partial charge in [0.15, 0.2) is 4.96 Å². The molecule has 19 heavy (non-hydrogen) atoms. The Labute approximate surface area is 112 Å². The largest absolute Gasteiger partial charge is 0.314 e. The molecule has 0 aromatic carbocycles. The Kier molecular flexibility index (Phi) is 3.10. The second-order valence-electron chi connectivity index (χ2n) is 4.08. The SMILES string of the molecule is CNCc1cn(Cc2cc(=O)n3ccsc3n2)nn1. The summed E-state index contributed by atoms with van der Waals surface area (Å²) in [5.74, 6) is 0. The second kappa shape index (κ2) is 4.90. The lowest BCUT2D eigenvalue weighted by molar-refractivity contribution is 0.637. The molecule has 3 aromatic rings. The van der Waals surface area contributed by atoms with E-state index in [-0.39, 0.29) is 5.56 Å². The van der Waals surface area contributed by atoms with Crippen molar-refractivity contribution in [2.75, 3.05) is 7.05 Å². The average Bonchev–Trinajstić information content (AvgIpc) is 2.99. The lowest BCUT2D eigenvalue weighted by Gasteiger charge is -2.00. The van der Waals surface area contributed by atoms with E-state index in [2.05, 4.69) is 20.6 Å². The van der Waals surface area contributed by atoms with Crippen molar-refractivity contribution >= 4 is 16.3 Å². The maximum absolute atomic E-state index is 11.8. The van der Waals surface area contributed by atoms with Crippen LogP contribution in [0.5, 0.6) is 0 Å². The van der Waals surface area contributed by atoms with E-state index in [4.69, 9.17) is 0 Å². The van der Waals surface area contributed by atoms with Crippen LogP contribution in [0.1, 0.15) is 11.4 Å². The van der Waals surface area contributed by atoms with E-state index in [0.29, 0.717) is 23.7 Å². The fourth-order valence-electron chi connectivity index (χ4n) is 1.81. The minimum absolute atomic E-state index is 0.0724. The lowest BCUT2D eigenvalue weighted by Crippen LogP contribution is -2.14. The van der Waals surface area contributed by atoms with Crippen LogP contribution in [-0.2, 0) is 13.1 Å². The Hall–Kier alpha value is -2.06. The summed E-state index contributed by atoms with van der Waals surface area (Å²) in [4.78, 5) is 16.9. The van der Waals surface area contributed by atoms with Gasteiger partial charge in [-0.1, -0.05) is 5.21 Å². The molecule has 0 saturated heterocycles. The molecule has 0 aliphatic heterocycles. The van der Waals surface area contributed by atoms with Crippen LogP contribution in [-0.4, -0.2) is 31.4 Å². The standard InChI is InChI=1S/C11H12N6OS/c1-12-5-9-7-16(15-14-9)6-8-4-10(18)17-2-3-19-11(17)13-8/h2-4,7,12H,5-6H2,1H3. The Balaban J connectivity index is 1.89. The van der Waals surface area contributed by atoms with E-state index in [1.165, 1.54) is 21.8 Å². The van der Waals surface area contributed by atoms with Crippen LogP contribution in [0, 0.1) is 0 Å². The molecular formula is C11H12N6OS. The van der Waals surface area contributed by atoms with E-state index >= 15 is 0 Å². The van der Waals surface area contributed by atoms with Crippen molar-refractivity contribution in [1.29, 1.82) is 0 Å². The number of fused-ring (bicyclic) bond motifs is 1. The summed E-state index contributed by atoms with van der Waals surface area (Å²) in [6.07, 6.45) is 3.56. The first-order valence-electron chi connectivity index (χ1n) is 5.75. The maximum Gasteiger partial charge on any atom is 0.258 e. The molecule has 3 heterocycles. The molecule has 0 spiro atoms. The normalized spacial score (nSPS) is 11.2. The third-order valence-corrected chi connectivity index (χ3v) is 3.38. The van der Waals surface area contributed by atoms with Gasteiger partial charge in [0.1, 0.15) is 0 Å². The monoisotopic (exact) mass is 276 g/mol. The highest BCUT2D eigenvalue weighted by Gasteiger charge is 2.05. The quantitative estimate of drug-likeness (QED) is 0.732. The molecule has 7 nitrogen and oxygen atoms in total. The molecule has 0 atom stereocenters. The van der Waals surface area contributed by atoms with Gasteiger partial charge in [0.25, 0.3) is 5.56 Å². The predicted molar refractivity (Wildman–Crippen MR) is 71.2 cm³/mol. The van der Waals surface area contributed by atoms with Crippen LogP contribution in [0.4, 0.5) is 0 Å². The van der Waals surface area contributed by atoms with Gasteiger partial charge >= 0.3 is 0 Å². The Morgan fingerprint density at radius 1 is 1.42 bits per heavy atom. The summed E-state index contributed by atoms with van der Waals surface area (Å²) in [6, 6.07) is 1.53. The summed E-state index contributed by atoms with van der Waals surface area (Å²) < 4.78 is 3.21. The fraction of sp³-hybridized carbons (Fsp3) is 0.273. The maximum atomic E-state index is 11.8. The van der Waals surface area contributed by atoms with Crippen molar-refractivity contribution in [3.05, 3.63) is 45.6 Å². The molecule has 0 bridgehead atoms. The molecule has 0 unspecified atom stereocenters. The highest BCUT2D eigenvalue weighted by molar-refractivity contribution is 7.15. The van der Waals surface area contributed by atoms with Crippen molar-refractivity contribution in [2.45, 2.75) is 13.1 Å². The zero-order valence-electron chi connectivity index (χ0n) is 10.3. The van der Waals surface area contributed by atoms with Crippen molar-refractivity contribution in [3.63, 3.8) is 0 Å². The van der Waals surface area contributed by atoms with Gasteiger partial charge in [-0.25, -0.2) is 9.67 Å². The Bertz CT molecular complexity index is 758. The van der Waals surface area contributed by atoms with E-state index < -0.39 is 0 Å². The first kappa shape index (κ1) is 12.0.